The Morgan fingerprint density at radius 1 is 0.964 bits per heavy atom. The molecule has 0 aliphatic rings. The quantitative estimate of drug-likeness (QED) is 0.485. The molecule has 0 bridgehead atoms. The molecule has 1 amide bonds. The van der Waals surface area contributed by atoms with E-state index in [0.29, 0.717) is 27.6 Å². The molecule has 0 aliphatic heterocycles. The van der Waals surface area contributed by atoms with E-state index in [2.05, 4.69) is 5.32 Å². The van der Waals surface area contributed by atoms with Gasteiger partial charge in [0, 0.05) is 10.9 Å². The summed E-state index contributed by atoms with van der Waals surface area (Å²) in [5.41, 5.74) is 1.53. The summed E-state index contributed by atoms with van der Waals surface area (Å²) in [7, 11) is 0. The summed E-state index contributed by atoms with van der Waals surface area (Å²) in [6.07, 6.45) is -4.47. The Balaban J connectivity index is 1.79. The van der Waals surface area contributed by atoms with Gasteiger partial charge in [0.15, 0.2) is 12.2 Å². The van der Waals surface area contributed by atoms with E-state index >= 15 is 0 Å². The van der Waals surface area contributed by atoms with Gasteiger partial charge in [-0.1, -0.05) is 36.4 Å². The zero-order valence-corrected chi connectivity index (χ0v) is 14.4. The first-order valence-corrected chi connectivity index (χ1v) is 8.42. The summed E-state index contributed by atoms with van der Waals surface area (Å²) in [5.74, 6) is -0.318. The first-order valence-electron chi connectivity index (χ1n) is 8.42. The molecule has 0 atom stereocenters. The average Bonchev–Trinajstić information content (AvgIpc) is 3.07. The average molecular weight is 385 g/mol. The topological polar surface area (TPSA) is 51.5 Å². The van der Waals surface area contributed by atoms with Gasteiger partial charge in [0.25, 0.3) is 5.91 Å². The zero-order valence-electron chi connectivity index (χ0n) is 14.4. The molecule has 0 saturated carbocycles. The molecule has 28 heavy (non-hydrogen) atoms. The maximum Gasteiger partial charge on any atom is 0.422 e. The minimum Gasteiger partial charge on any atom is -0.483 e. The molecule has 4 aromatic rings. The number of anilines is 1. The first-order chi connectivity index (χ1) is 13.4. The minimum absolute atomic E-state index is 0.0370. The number of carbonyl (C=O) groups is 1. The van der Waals surface area contributed by atoms with E-state index in [-0.39, 0.29) is 17.2 Å². The number of hydrogen-bond donors (Lipinski definition) is 1. The van der Waals surface area contributed by atoms with Crippen molar-refractivity contribution in [1.29, 1.82) is 0 Å². The molecule has 7 heteroatoms. The van der Waals surface area contributed by atoms with E-state index in [4.69, 9.17) is 9.15 Å². The smallest absolute Gasteiger partial charge is 0.422 e. The highest BCUT2D eigenvalue weighted by molar-refractivity contribution is 6.15. The van der Waals surface area contributed by atoms with Crippen molar-refractivity contribution in [3.05, 3.63) is 72.3 Å². The lowest BCUT2D eigenvalue weighted by molar-refractivity contribution is -0.153. The van der Waals surface area contributed by atoms with E-state index in [1.165, 1.54) is 12.1 Å². The number of nitrogens with one attached hydrogen (secondary N) is 1. The van der Waals surface area contributed by atoms with Gasteiger partial charge in [0.05, 0.1) is 11.1 Å². The van der Waals surface area contributed by atoms with Gasteiger partial charge in [-0.05, 0) is 30.3 Å². The molecular formula is C21H14F3NO3. The predicted octanol–water partition coefficient (Wildman–Crippen LogP) is 5.78. The highest BCUT2D eigenvalue weighted by atomic mass is 19.4. The third-order valence-corrected chi connectivity index (χ3v) is 4.16. The van der Waals surface area contributed by atoms with Crippen LogP contribution in [0.4, 0.5) is 18.9 Å². The van der Waals surface area contributed by atoms with Crippen molar-refractivity contribution in [2.75, 3.05) is 11.9 Å². The van der Waals surface area contributed by atoms with Crippen molar-refractivity contribution in [3.8, 4) is 5.75 Å². The van der Waals surface area contributed by atoms with Gasteiger partial charge >= 0.3 is 6.18 Å². The molecule has 142 valence electrons. The molecule has 4 nitrogen and oxygen atoms in total. The maximum absolute atomic E-state index is 12.6. The Morgan fingerprint density at radius 2 is 1.68 bits per heavy atom. The number of para-hydroxylation sites is 1. The van der Waals surface area contributed by atoms with Crippen molar-refractivity contribution in [2.24, 2.45) is 0 Å². The van der Waals surface area contributed by atoms with Gasteiger partial charge in [-0.25, -0.2) is 0 Å². The van der Waals surface area contributed by atoms with Crippen LogP contribution in [0.3, 0.4) is 0 Å². The van der Waals surface area contributed by atoms with Gasteiger partial charge in [0.1, 0.15) is 11.3 Å². The molecule has 1 aromatic heterocycles. The van der Waals surface area contributed by atoms with Gasteiger partial charge in [-0.2, -0.15) is 13.2 Å². The second kappa shape index (κ2) is 6.92. The number of amides is 1. The fourth-order valence-electron chi connectivity index (χ4n) is 2.96. The molecule has 0 radical (unpaired) electrons. The monoisotopic (exact) mass is 385 g/mol. The largest absolute Gasteiger partial charge is 0.483 e. The van der Waals surface area contributed by atoms with Crippen LogP contribution < -0.4 is 10.1 Å². The number of furan rings is 1. The number of carbonyl (C=O) groups excluding carboxylic acids is 1. The Labute approximate surface area is 157 Å². The van der Waals surface area contributed by atoms with Crippen LogP contribution in [-0.4, -0.2) is 18.7 Å². The van der Waals surface area contributed by atoms with E-state index in [1.807, 2.05) is 0 Å². The van der Waals surface area contributed by atoms with Crippen LogP contribution in [0.15, 0.2) is 71.1 Å². The third-order valence-electron chi connectivity index (χ3n) is 4.16. The molecule has 1 heterocycles. The molecule has 4 rings (SSSR count). The number of fused-ring (bicyclic) bond motifs is 3. The number of hydrogen-bond acceptors (Lipinski definition) is 3. The van der Waals surface area contributed by atoms with Crippen LogP contribution in [0.2, 0.25) is 0 Å². The van der Waals surface area contributed by atoms with Gasteiger partial charge < -0.3 is 14.5 Å². The van der Waals surface area contributed by atoms with E-state index < -0.39 is 12.8 Å². The fourth-order valence-corrected chi connectivity index (χ4v) is 2.96. The van der Waals surface area contributed by atoms with Crippen molar-refractivity contribution in [3.63, 3.8) is 0 Å². The lowest BCUT2D eigenvalue weighted by Crippen LogP contribution is -2.19. The van der Waals surface area contributed by atoms with Crippen molar-refractivity contribution >= 4 is 33.5 Å². The first kappa shape index (κ1) is 17.9. The van der Waals surface area contributed by atoms with Crippen molar-refractivity contribution in [2.45, 2.75) is 6.18 Å². The number of ether oxygens (including phenoxy) is 1. The van der Waals surface area contributed by atoms with E-state index in [9.17, 15) is 18.0 Å². The van der Waals surface area contributed by atoms with Crippen LogP contribution in [0, 0.1) is 0 Å². The number of benzene rings is 3. The molecule has 0 unspecified atom stereocenters. The summed E-state index contributed by atoms with van der Waals surface area (Å²) < 4.78 is 48.7. The predicted molar refractivity (Wildman–Crippen MR) is 99.7 cm³/mol. The lowest BCUT2D eigenvalue weighted by atomic mass is 10.1. The molecular weight excluding hydrogens is 371 g/mol. The van der Waals surface area contributed by atoms with Crippen molar-refractivity contribution < 1.29 is 27.1 Å². The van der Waals surface area contributed by atoms with Gasteiger partial charge in [0.2, 0.25) is 0 Å². The molecule has 0 saturated heterocycles. The summed E-state index contributed by atoms with van der Waals surface area (Å²) in [4.78, 5) is 12.5. The summed E-state index contributed by atoms with van der Waals surface area (Å²) in [5, 5.41) is 3.73. The molecule has 3 aromatic carbocycles. The Bertz CT molecular complexity index is 1150. The summed E-state index contributed by atoms with van der Waals surface area (Å²) >= 11 is 0. The molecule has 0 fully saturated rings. The minimum atomic E-state index is -4.47. The second-order valence-corrected chi connectivity index (χ2v) is 6.14. The summed E-state index contributed by atoms with van der Waals surface area (Å²) in [6.45, 7) is -1.42. The SMILES string of the molecule is O=C(Nc1ccc(OCC(F)(F)F)c2c1oc1ccccc12)c1ccccc1. The van der Waals surface area contributed by atoms with Gasteiger partial charge in [-0.3, -0.25) is 4.79 Å². The number of rotatable bonds is 4. The Hall–Kier alpha value is -3.48. The standard InChI is InChI=1S/C21H14F3NO3/c22-21(23,24)12-27-17-11-10-15(25-20(26)13-6-2-1-3-7-13)19-18(17)14-8-4-5-9-16(14)28-19/h1-11H,12H2,(H,25,26). The zero-order chi connectivity index (χ0) is 19.7. The number of halogens is 3. The normalized spacial score (nSPS) is 11.7. The highest BCUT2D eigenvalue weighted by Crippen LogP contribution is 2.40. The fraction of sp³-hybridized carbons (Fsp3) is 0.0952. The van der Waals surface area contributed by atoms with Crippen LogP contribution >= 0.6 is 0 Å². The third kappa shape index (κ3) is 3.51. The molecule has 0 aliphatic carbocycles. The van der Waals surface area contributed by atoms with E-state index in [1.54, 1.807) is 54.6 Å². The van der Waals surface area contributed by atoms with Crippen molar-refractivity contribution in [1.82, 2.24) is 0 Å². The van der Waals surface area contributed by atoms with Crippen LogP contribution in [-0.2, 0) is 0 Å². The molecule has 0 spiro atoms. The van der Waals surface area contributed by atoms with Crippen LogP contribution in [0.5, 0.6) is 5.75 Å². The Morgan fingerprint density at radius 3 is 2.43 bits per heavy atom. The number of alkyl halides is 3. The van der Waals surface area contributed by atoms with Crippen LogP contribution in [0.25, 0.3) is 21.9 Å². The Kier molecular flexibility index (Phi) is 4.43. The van der Waals surface area contributed by atoms with Gasteiger partial charge in [-0.15, -0.1) is 0 Å². The summed E-state index contributed by atoms with van der Waals surface area (Å²) in [6, 6.07) is 18.4. The second-order valence-electron chi connectivity index (χ2n) is 6.14. The lowest BCUT2D eigenvalue weighted by Gasteiger charge is -2.12. The van der Waals surface area contributed by atoms with E-state index in [0.717, 1.165) is 0 Å². The van der Waals surface area contributed by atoms with Crippen LogP contribution in [0.1, 0.15) is 10.4 Å². The molecule has 1 N–H and O–H groups in total. The highest BCUT2D eigenvalue weighted by Gasteiger charge is 2.29. The maximum atomic E-state index is 12.6.